The highest BCUT2D eigenvalue weighted by Crippen LogP contribution is 2.45. The van der Waals surface area contributed by atoms with Gasteiger partial charge in [-0.3, -0.25) is 4.79 Å². The van der Waals surface area contributed by atoms with E-state index in [2.05, 4.69) is 67.6 Å². The van der Waals surface area contributed by atoms with Crippen LogP contribution in [0.15, 0.2) is 72.8 Å². The zero-order valence-corrected chi connectivity index (χ0v) is 23.0. The number of unbranched alkanes of at least 4 members (excludes halogenated alkanes) is 3. The number of Topliss-reactive ketones (excluding diaryl/α,β-unsaturated/α-hetero) is 1. The molecular weight excluding hydrogens is 482 g/mol. The van der Waals surface area contributed by atoms with Crippen LogP contribution in [0.3, 0.4) is 0 Å². The lowest BCUT2D eigenvalue weighted by Gasteiger charge is -2.37. The number of rotatable bonds is 9. The number of hydrogen-bond acceptors (Lipinski definition) is 3. The number of benzene rings is 3. The Morgan fingerprint density at radius 3 is 2.03 bits per heavy atom. The van der Waals surface area contributed by atoms with Crippen LogP contribution in [0.1, 0.15) is 91.3 Å². The predicted molar refractivity (Wildman–Crippen MR) is 155 cm³/mol. The molecular formula is C35H39NO3. The standard InChI is InChI=1S/C35H39NO3/c1-2-3-4-5-10-24-15-17-25(18-16-24)34(37)26-21-27-19-20-28(22-26)36(27)35(38)39-23-33-31-13-8-6-11-29(31)30-12-7-9-14-32(30)33/h6-9,11-18,26-28,33H,2-5,10,19-23H2,1H3. The van der Waals surface area contributed by atoms with Gasteiger partial charge < -0.3 is 9.64 Å². The molecule has 0 aromatic heterocycles. The van der Waals surface area contributed by atoms with Gasteiger partial charge in [-0.2, -0.15) is 0 Å². The number of carbonyl (C=O) groups is 2. The normalized spacial score (nSPS) is 21.5. The molecule has 39 heavy (non-hydrogen) atoms. The van der Waals surface area contributed by atoms with E-state index >= 15 is 0 Å². The Morgan fingerprint density at radius 1 is 0.795 bits per heavy atom. The van der Waals surface area contributed by atoms with Crippen LogP contribution in [0.2, 0.25) is 0 Å². The molecule has 4 heteroatoms. The molecule has 2 saturated heterocycles. The van der Waals surface area contributed by atoms with Crippen molar-refractivity contribution in [2.24, 2.45) is 5.92 Å². The minimum Gasteiger partial charge on any atom is -0.448 e. The van der Waals surface area contributed by atoms with Crippen LogP contribution in [0.4, 0.5) is 4.79 Å². The first-order chi connectivity index (χ1) is 19.1. The van der Waals surface area contributed by atoms with E-state index in [1.807, 2.05) is 17.0 Å². The number of piperidine rings is 1. The average molecular weight is 522 g/mol. The Balaban J connectivity index is 1.07. The number of nitrogens with zero attached hydrogens (tertiary/aromatic N) is 1. The van der Waals surface area contributed by atoms with Crippen LogP contribution in [0.5, 0.6) is 0 Å². The maximum Gasteiger partial charge on any atom is 0.410 e. The Morgan fingerprint density at radius 2 is 1.41 bits per heavy atom. The lowest BCUT2D eigenvalue weighted by molar-refractivity contribution is 0.0506. The summed E-state index contributed by atoms with van der Waals surface area (Å²) in [6.45, 7) is 2.57. The summed E-state index contributed by atoms with van der Waals surface area (Å²) in [5.74, 6) is 0.278. The van der Waals surface area contributed by atoms with Gasteiger partial charge in [-0.15, -0.1) is 0 Å². The molecule has 3 aromatic carbocycles. The quantitative estimate of drug-likeness (QED) is 0.211. The molecule has 3 aliphatic rings. The summed E-state index contributed by atoms with van der Waals surface area (Å²) in [7, 11) is 0. The Hall–Kier alpha value is -3.40. The summed E-state index contributed by atoms with van der Waals surface area (Å²) in [6.07, 6.45) is 9.24. The van der Waals surface area contributed by atoms with Gasteiger partial charge >= 0.3 is 6.09 Å². The van der Waals surface area contributed by atoms with Crippen molar-refractivity contribution in [1.29, 1.82) is 0 Å². The third-order valence-corrected chi connectivity index (χ3v) is 9.21. The SMILES string of the molecule is CCCCCCc1ccc(C(=O)C2CC3CCC(C2)N3C(=O)OCC2c3ccccc3-c3ccccc32)cc1. The van der Waals surface area contributed by atoms with Gasteiger partial charge in [0.1, 0.15) is 6.61 Å². The van der Waals surface area contributed by atoms with Crippen molar-refractivity contribution in [2.45, 2.75) is 82.7 Å². The Labute approximate surface area is 232 Å². The summed E-state index contributed by atoms with van der Waals surface area (Å²) in [5.41, 5.74) is 7.05. The molecule has 0 radical (unpaired) electrons. The van der Waals surface area contributed by atoms with Gasteiger partial charge in [-0.25, -0.2) is 4.79 Å². The highest BCUT2D eigenvalue weighted by molar-refractivity contribution is 5.98. The van der Waals surface area contributed by atoms with Gasteiger partial charge in [0.05, 0.1) is 0 Å². The van der Waals surface area contributed by atoms with Gasteiger partial charge in [0.2, 0.25) is 0 Å². The minimum absolute atomic E-state index is 0.0180. The first kappa shape index (κ1) is 25.9. The van der Waals surface area contributed by atoms with Crippen LogP contribution in [-0.2, 0) is 11.2 Å². The predicted octanol–water partition coefficient (Wildman–Crippen LogP) is 8.18. The number of amides is 1. The zero-order chi connectivity index (χ0) is 26.8. The summed E-state index contributed by atoms with van der Waals surface area (Å²) in [4.78, 5) is 28.7. The number of aryl methyl sites for hydroxylation is 1. The van der Waals surface area contributed by atoms with Crippen LogP contribution in [0, 0.1) is 5.92 Å². The van der Waals surface area contributed by atoms with E-state index in [4.69, 9.17) is 4.74 Å². The summed E-state index contributed by atoms with van der Waals surface area (Å²) >= 11 is 0. The van der Waals surface area contributed by atoms with E-state index < -0.39 is 0 Å². The van der Waals surface area contributed by atoms with Crippen LogP contribution in [0.25, 0.3) is 11.1 Å². The van der Waals surface area contributed by atoms with Crippen molar-refractivity contribution in [3.05, 3.63) is 95.1 Å². The molecule has 202 valence electrons. The van der Waals surface area contributed by atoms with E-state index in [1.54, 1.807) is 0 Å². The van der Waals surface area contributed by atoms with E-state index in [0.29, 0.717) is 6.61 Å². The molecule has 2 fully saturated rings. The van der Waals surface area contributed by atoms with E-state index in [1.165, 1.54) is 53.5 Å². The Kier molecular flexibility index (Phi) is 7.54. The fourth-order valence-electron chi connectivity index (χ4n) is 7.19. The molecule has 2 unspecified atom stereocenters. The lowest BCUT2D eigenvalue weighted by atomic mass is 9.84. The smallest absolute Gasteiger partial charge is 0.410 e. The second kappa shape index (κ2) is 11.4. The maximum absolute atomic E-state index is 13.4. The number of fused-ring (bicyclic) bond motifs is 5. The highest BCUT2D eigenvalue weighted by Gasteiger charge is 2.46. The molecule has 0 saturated carbocycles. The van der Waals surface area contributed by atoms with Gasteiger partial charge in [0.15, 0.2) is 5.78 Å². The molecule has 1 amide bonds. The molecule has 2 bridgehead atoms. The third-order valence-electron chi connectivity index (χ3n) is 9.21. The summed E-state index contributed by atoms with van der Waals surface area (Å²) in [6, 6.07) is 25.3. The third kappa shape index (κ3) is 5.14. The Bertz CT molecular complexity index is 1270. The monoisotopic (exact) mass is 521 g/mol. The number of carbonyl (C=O) groups excluding carboxylic acids is 2. The van der Waals surface area contributed by atoms with Crippen molar-refractivity contribution < 1.29 is 14.3 Å². The number of hydrogen-bond donors (Lipinski definition) is 0. The number of ketones is 1. The molecule has 3 aromatic rings. The molecule has 2 heterocycles. The van der Waals surface area contributed by atoms with Crippen molar-refractivity contribution in [3.8, 4) is 11.1 Å². The van der Waals surface area contributed by atoms with Crippen molar-refractivity contribution >= 4 is 11.9 Å². The van der Waals surface area contributed by atoms with Crippen LogP contribution < -0.4 is 0 Å². The van der Waals surface area contributed by atoms with Crippen LogP contribution in [-0.4, -0.2) is 35.5 Å². The zero-order valence-electron chi connectivity index (χ0n) is 23.0. The van der Waals surface area contributed by atoms with E-state index in [9.17, 15) is 9.59 Å². The largest absolute Gasteiger partial charge is 0.448 e. The first-order valence-electron chi connectivity index (χ1n) is 14.9. The minimum atomic E-state index is -0.220. The highest BCUT2D eigenvalue weighted by atomic mass is 16.6. The van der Waals surface area contributed by atoms with Crippen molar-refractivity contribution in [2.75, 3.05) is 6.61 Å². The second-order valence-electron chi connectivity index (χ2n) is 11.6. The topological polar surface area (TPSA) is 46.6 Å². The van der Waals surface area contributed by atoms with Crippen molar-refractivity contribution in [3.63, 3.8) is 0 Å². The van der Waals surface area contributed by atoms with Crippen LogP contribution >= 0.6 is 0 Å². The van der Waals surface area contributed by atoms with Gasteiger partial charge in [-0.05, 0) is 66.3 Å². The number of ether oxygens (including phenoxy) is 1. The van der Waals surface area contributed by atoms with Gasteiger partial charge in [0, 0.05) is 29.5 Å². The van der Waals surface area contributed by atoms with E-state index in [0.717, 1.165) is 37.7 Å². The summed E-state index contributed by atoms with van der Waals surface area (Å²) < 4.78 is 6.00. The van der Waals surface area contributed by atoms with E-state index in [-0.39, 0.29) is 35.8 Å². The molecule has 0 N–H and O–H groups in total. The molecule has 4 nitrogen and oxygen atoms in total. The molecule has 2 atom stereocenters. The average Bonchev–Trinajstić information content (AvgIpc) is 3.44. The van der Waals surface area contributed by atoms with Crippen molar-refractivity contribution in [1.82, 2.24) is 4.90 Å². The fraction of sp³-hybridized carbons (Fsp3) is 0.429. The van der Waals surface area contributed by atoms with Gasteiger partial charge in [-0.1, -0.05) is 99.0 Å². The van der Waals surface area contributed by atoms with Gasteiger partial charge in [0.25, 0.3) is 0 Å². The molecule has 6 rings (SSSR count). The molecule has 0 spiro atoms. The first-order valence-corrected chi connectivity index (χ1v) is 14.9. The maximum atomic E-state index is 13.4. The molecule has 2 aliphatic heterocycles. The lowest BCUT2D eigenvalue weighted by Crippen LogP contribution is -2.48. The fourth-order valence-corrected chi connectivity index (χ4v) is 7.19. The molecule has 1 aliphatic carbocycles. The second-order valence-corrected chi connectivity index (χ2v) is 11.6. The summed E-state index contributed by atoms with van der Waals surface area (Å²) in [5, 5.41) is 0.